The first kappa shape index (κ1) is 19.4. The van der Waals surface area contributed by atoms with Crippen LogP contribution < -0.4 is 10.5 Å². The molecule has 27 heavy (non-hydrogen) atoms. The van der Waals surface area contributed by atoms with Crippen LogP contribution in [0.5, 0.6) is 0 Å². The molecule has 1 N–H and O–H groups in total. The number of aliphatic hydroxyl groups is 1. The maximum atomic E-state index is 12.8. The molecule has 1 fully saturated rings. The van der Waals surface area contributed by atoms with Gasteiger partial charge in [0, 0.05) is 30.4 Å². The fraction of sp³-hybridized carbons (Fsp3) is 0.550. The third-order valence-electron chi connectivity index (χ3n) is 5.35. The average molecular weight is 373 g/mol. The number of piperidine rings is 1. The monoisotopic (exact) mass is 373 g/mol. The van der Waals surface area contributed by atoms with Gasteiger partial charge in [0.25, 0.3) is 5.56 Å². The number of rotatable bonds is 3. The van der Waals surface area contributed by atoms with E-state index in [1.54, 1.807) is 6.92 Å². The Bertz CT molecular complexity index is 933. The first-order chi connectivity index (χ1) is 12.6. The van der Waals surface area contributed by atoms with Gasteiger partial charge < -0.3 is 14.7 Å². The highest BCUT2D eigenvalue weighted by Gasteiger charge is 2.32. The lowest BCUT2D eigenvalue weighted by Crippen LogP contribution is -2.44. The van der Waals surface area contributed by atoms with Gasteiger partial charge in [-0.1, -0.05) is 13.8 Å². The summed E-state index contributed by atoms with van der Waals surface area (Å²) < 4.78 is 6.05. The summed E-state index contributed by atoms with van der Waals surface area (Å²) in [4.78, 5) is 31.5. The number of methoxy groups -OCH3 is 1. The topological polar surface area (TPSA) is 84.1 Å². The first-order valence-electron chi connectivity index (χ1n) is 9.23. The van der Waals surface area contributed by atoms with Crippen molar-refractivity contribution in [2.45, 2.75) is 52.7 Å². The molecule has 0 aromatic carbocycles. The van der Waals surface area contributed by atoms with Crippen LogP contribution >= 0.6 is 0 Å². The maximum absolute atomic E-state index is 12.8. The molecular weight excluding hydrogens is 346 g/mol. The zero-order valence-electron chi connectivity index (χ0n) is 16.5. The Kier molecular flexibility index (Phi) is 4.99. The highest BCUT2D eigenvalue weighted by molar-refractivity contribution is 5.89. The summed E-state index contributed by atoms with van der Waals surface area (Å²) in [6.45, 7) is 9.05. The molecule has 0 aliphatic carbocycles. The number of esters is 1. The van der Waals surface area contributed by atoms with Gasteiger partial charge in [-0.25, -0.2) is 9.78 Å². The van der Waals surface area contributed by atoms with E-state index in [2.05, 4.69) is 30.7 Å². The molecular formula is C20H27N3O4. The van der Waals surface area contributed by atoms with E-state index in [1.165, 1.54) is 29.8 Å². The van der Waals surface area contributed by atoms with Crippen molar-refractivity contribution in [3.05, 3.63) is 39.8 Å². The molecule has 7 heteroatoms. The lowest BCUT2D eigenvalue weighted by molar-refractivity contribution is 0.0600. The number of fused-ring (bicyclic) bond motifs is 1. The molecule has 0 spiro atoms. The molecule has 2 aromatic heterocycles. The Morgan fingerprint density at radius 3 is 2.70 bits per heavy atom. The third-order valence-corrected chi connectivity index (χ3v) is 5.35. The lowest BCUT2D eigenvalue weighted by atomic mass is 9.79. The second kappa shape index (κ2) is 6.96. The summed E-state index contributed by atoms with van der Waals surface area (Å²) in [6, 6.07) is 3.28. The molecule has 3 heterocycles. The number of nitrogens with zero attached hydrogens (tertiary/aromatic N) is 3. The van der Waals surface area contributed by atoms with E-state index in [1.807, 2.05) is 0 Å². The van der Waals surface area contributed by atoms with Crippen LogP contribution in [0.2, 0.25) is 0 Å². The molecule has 2 aromatic rings. The fourth-order valence-corrected chi connectivity index (χ4v) is 3.90. The third kappa shape index (κ3) is 3.69. The quantitative estimate of drug-likeness (QED) is 0.833. The van der Waals surface area contributed by atoms with Crippen LogP contribution in [0.1, 0.15) is 62.6 Å². The summed E-state index contributed by atoms with van der Waals surface area (Å²) in [5.74, 6) is 0.0392. The van der Waals surface area contributed by atoms with E-state index >= 15 is 0 Å². The summed E-state index contributed by atoms with van der Waals surface area (Å²) in [7, 11) is 1.28. The smallest absolute Gasteiger partial charge is 0.339 e. The number of aliphatic hydroxyl groups excluding tert-OH is 1. The maximum Gasteiger partial charge on any atom is 0.339 e. The molecule has 1 saturated heterocycles. The predicted molar refractivity (Wildman–Crippen MR) is 103 cm³/mol. The van der Waals surface area contributed by atoms with Crippen LogP contribution in [-0.4, -0.2) is 40.2 Å². The van der Waals surface area contributed by atoms with Crippen LogP contribution in [-0.2, 0) is 4.74 Å². The number of carbonyl (C=O) groups excluding carboxylic acids is 1. The second-order valence-electron chi connectivity index (χ2n) is 8.16. The Morgan fingerprint density at radius 1 is 1.41 bits per heavy atom. The van der Waals surface area contributed by atoms with Gasteiger partial charge in [-0.3, -0.25) is 9.20 Å². The van der Waals surface area contributed by atoms with Gasteiger partial charge in [0.2, 0.25) is 0 Å². The Balaban J connectivity index is 2.15. The van der Waals surface area contributed by atoms with E-state index in [9.17, 15) is 14.7 Å². The minimum Gasteiger partial charge on any atom is -0.465 e. The minimum absolute atomic E-state index is 0.200. The Hall–Kier alpha value is -2.41. The van der Waals surface area contributed by atoms with Crippen LogP contribution in [0.4, 0.5) is 5.82 Å². The number of aromatic nitrogens is 2. The molecule has 3 rings (SSSR count). The van der Waals surface area contributed by atoms with Crippen molar-refractivity contribution in [3.8, 4) is 0 Å². The Morgan fingerprint density at radius 2 is 2.11 bits per heavy atom. The van der Waals surface area contributed by atoms with Gasteiger partial charge in [0.15, 0.2) is 0 Å². The molecule has 7 nitrogen and oxygen atoms in total. The van der Waals surface area contributed by atoms with Gasteiger partial charge in [-0.15, -0.1) is 0 Å². The highest BCUT2D eigenvalue weighted by Crippen LogP contribution is 2.35. The highest BCUT2D eigenvalue weighted by atomic mass is 16.5. The van der Waals surface area contributed by atoms with Crippen molar-refractivity contribution in [2.75, 3.05) is 18.6 Å². The molecule has 1 aliphatic rings. The molecule has 0 radical (unpaired) electrons. The number of pyridine rings is 1. The summed E-state index contributed by atoms with van der Waals surface area (Å²) in [5, 5.41) is 10.2. The van der Waals surface area contributed by atoms with Crippen molar-refractivity contribution in [2.24, 2.45) is 5.41 Å². The van der Waals surface area contributed by atoms with E-state index in [0.29, 0.717) is 17.0 Å². The van der Waals surface area contributed by atoms with Crippen LogP contribution in [0.25, 0.3) is 5.65 Å². The standard InChI is InChI=1S/C20H27N3O4/c1-12-10-20(3,4)6-7-22(12)16-9-17(25)23-11-14(19(26)27-5)8-15(13(2)24)18(23)21-16/h8-9,11-13,24H,6-7,10H2,1-5H3. The van der Waals surface area contributed by atoms with Gasteiger partial charge in [0.05, 0.1) is 18.8 Å². The zero-order valence-corrected chi connectivity index (χ0v) is 16.5. The number of carbonyl (C=O) groups is 1. The number of hydrogen-bond acceptors (Lipinski definition) is 6. The molecule has 2 atom stereocenters. The molecule has 0 amide bonds. The normalized spacial score (nSPS) is 20.5. The van der Waals surface area contributed by atoms with Gasteiger partial charge >= 0.3 is 5.97 Å². The first-order valence-corrected chi connectivity index (χ1v) is 9.23. The van der Waals surface area contributed by atoms with E-state index in [0.717, 1.165) is 19.4 Å². The Labute approximate surface area is 158 Å². The molecule has 0 saturated carbocycles. The van der Waals surface area contributed by atoms with E-state index in [-0.39, 0.29) is 22.6 Å². The van der Waals surface area contributed by atoms with Crippen molar-refractivity contribution >= 4 is 17.4 Å². The average Bonchev–Trinajstić information content (AvgIpc) is 2.59. The van der Waals surface area contributed by atoms with Gasteiger partial charge in [-0.2, -0.15) is 0 Å². The number of hydrogen-bond donors (Lipinski definition) is 1. The summed E-state index contributed by atoms with van der Waals surface area (Å²) >= 11 is 0. The van der Waals surface area contributed by atoms with E-state index in [4.69, 9.17) is 4.74 Å². The molecule has 1 aliphatic heterocycles. The molecule has 146 valence electrons. The van der Waals surface area contributed by atoms with Crippen molar-refractivity contribution in [1.29, 1.82) is 0 Å². The zero-order chi connectivity index (χ0) is 19.9. The van der Waals surface area contributed by atoms with Crippen molar-refractivity contribution in [1.82, 2.24) is 9.38 Å². The molecule has 2 unspecified atom stereocenters. The van der Waals surface area contributed by atoms with Crippen LogP contribution in [0.3, 0.4) is 0 Å². The fourth-order valence-electron chi connectivity index (χ4n) is 3.90. The lowest BCUT2D eigenvalue weighted by Gasteiger charge is -2.42. The van der Waals surface area contributed by atoms with Gasteiger partial charge in [0.1, 0.15) is 11.5 Å². The summed E-state index contributed by atoms with van der Waals surface area (Å²) in [6.07, 6.45) is 2.56. The SMILES string of the molecule is COC(=O)c1cc(C(C)O)c2nc(N3CCC(C)(C)CC3C)cc(=O)n2c1. The minimum atomic E-state index is -0.885. The second-order valence-corrected chi connectivity index (χ2v) is 8.16. The number of ether oxygens (including phenoxy) is 1. The number of anilines is 1. The van der Waals surface area contributed by atoms with Crippen molar-refractivity contribution in [3.63, 3.8) is 0 Å². The molecule has 0 bridgehead atoms. The predicted octanol–water partition coefficient (Wildman–Crippen LogP) is 2.55. The largest absolute Gasteiger partial charge is 0.465 e. The van der Waals surface area contributed by atoms with Gasteiger partial charge in [-0.05, 0) is 38.2 Å². The summed E-state index contributed by atoms with van der Waals surface area (Å²) in [5.41, 5.74) is 0.950. The van der Waals surface area contributed by atoms with E-state index < -0.39 is 12.1 Å². The van der Waals surface area contributed by atoms with Crippen LogP contribution in [0, 0.1) is 5.41 Å². The van der Waals surface area contributed by atoms with Crippen molar-refractivity contribution < 1.29 is 14.6 Å². The van der Waals surface area contributed by atoms with Crippen LogP contribution in [0.15, 0.2) is 23.1 Å².